The number of rotatable bonds is 4. The molecule has 0 N–H and O–H groups in total. The van der Waals surface area contributed by atoms with Crippen LogP contribution >= 0.6 is 0 Å². The number of carbonyl (C=O) groups excluding carboxylic acids is 1. The van der Waals surface area contributed by atoms with Gasteiger partial charge < -0.3 is 14.2 Å². The highest BCUT2D eigenvalue weighted by Crippen LogP contribution is 2.34. The standard InChI is InChI=1S/C18H22N4O3/c1-24-17-4-6-22(18(23)14-8-20-25-12-14)16-11-21(10-15(16)17)9-13-3-2-5-19-7-13/h2-3,5,7-8,12,15-17H,4,6,9-11H2,1H3/t15-,16+,17+/m0/s1. The maximum absolute atomic E-state index is 12.8. The summed E-state index contributed by atoms with van der Waals surface area (Å²) in [4.78, 5) is 21.4. The minimum absolute atomic E-state index is 0.00553. The Morgan fingerprint density at radius 2 is 2.32 bits per heavy atom. The molecule has 2 aromatic rings. The fraction of sp³-hybridized carbons (Fsp3) is 0.500. The lowest BCUT2D eigenvalue weighted by Crippen LogP contribution is -2.53. The molecule has 0 unspecified atom stereocenters. The van der Waals surface area contributed by atoms with Gasteiger partial charge in [0.25, 0.3) is 5.91 Å². The first-order valence-corrected chi connectivity index (χ1v) is 8.60. The van der Waals surface area contributed by atoms with Crippen LogP contribution in [0.3, 0.4) is 0 Å². The van der Waals surface area contributed by atoms with E-state index in [2.05, 4.69) is 21.1 Å². The first-order chi connectivity index (χ1) is 12.3. The van der Waals surface area contributed by atoms with Gasteiger partial charge in [0.15, 0.2) is 0 Å². The fourth-order valence-electron chi connectivity index (χ4n) is 4.14. The number of carbonyl (C=O) groups is 1. The quantitative estimate of drug-likeness (QED) is 0.837. The Morgan fingerprint density at radius 3 is 3.04 bits per heavy atom. The summed E-state index contributed by atoms with van der Waals surface area (Å²) in [7, 11) is 1.77. The summed E-state index contributed by atoms with van der Waals surface area (Å²) >= 11 is 0. The molecular weight excluding hydrogens is 320 g/mol. The lowest BCUT2D eigenvalue weighted by atomic mass is 9.88. The van der Waals surface area contributed by atoms with Crippen LogP contribution in [-0.2, 0) is 11.3 Å². The van der Waals surface area contributed by atoms with Gasteiger partial charge >= 0.3 is 0 Å². The largest absolute Gasteiger partial charge is 0.381 e. The van der Waals surface area contributed by atoms with Crippen molar-refractivity contribution in [3.05, 3.63) is 48.1 Å². The van der Waals surface area contributed by atoms with E-state index in [4.69, 9.17) is 9.26 Å². The Labute approximate surface area is 146 Å². The monoisotopic (exact) mass is 342 g/mol. The highest BCUT2D eigenvalue weighted by Gasteiger charge is 2.46. The maximum Gasteiger partial charge on any atom is 0.259 e. The summed E-state index contributed by atoms with van der Waals surface area (Å²) in [5.41, 5.74) is 1.70. The second-order valence-electron chi connectivity index (χ2n) is 6.76. The van der Waals surface area contributed by atoms with Crippen LogP contribution in [0.4, 0.5) is 0 Å². The van der Waals surface area contributed by atoms with Crippen LogP contribution in [0.1, 0.15) is 22.3 Å². The molecule has 0 bridgehead atoms. The van der Waals surface area contributed by atoms with E-state index in [0.717, 1.165) is 26.1 Å². The zero-order chi connectivity index (χ0) is 17.2. The summed E-state index contributed by atoms with van der Waals surface area (Å²) < 4.78 is 10.6. The van der Waals surface area contributed by atoms with Crippen LogP contribution in [0.25, 0.3) is 0 Å². The SMILES string of the molecule is CO[C@@H]1CCN(C(=O)c2cnoc2)[C@@H]2CN(Cc3cccnc3)C[C@@H]21. The van der Waals surface area contributed by atoms with E-state index >= 15 is 0 Å². The fourth-order valence-corrected chi connectivity index (χ4v) is 4.14. The summed E-state index contributed by atoms with van der Waals surface area (Å²) in [6.45, 7) is 3.30. The van der Waals surface area contributed by atoms with Crippen molar-refractivity contribution >= 4 is 5.91 Å². The Hall–Kier alpha value is -2.25. The summed E-state index contributed by atoms with van der Waals surface area (Å²) in [6.07, 6.45) is 7.64. The zero-order valence-corrected chi connectivity index (χ0v) is 14.2. The Morgan fingerprint density at radius 1 is 1.40 bits per heavy atom. The number of fused-ring (bicyclic) bond motifs is 1. The number of hydrogen-bond acceptors (Lipinski definition) is 6. The van der Waals surface area contributed by atoms with Gasteiger partial charge in [-0.2, -0.15) is 0 Å². The van der Waals surface area contributed by atoms with E-state index < -0.39 is 0 Å². The third-order valence-corrected chi connectivity index (χ3v) is 5.31. The van der Waals surface area contributed by atoms with Gasteiger partial charge in [0.05, 0.1) is 23.9 Å². The minimum Gasteiger partial charge on any atom is -0.381 e. The molecule has 4 heterocycles. The molecule has 25 heavy (non-hydrogen) atoms. The van der Waals surface area contributed by atoms with Crippen LogP contribution < -0.4 is 0 Å². The van der Waals surface area contributed by atoms with Gasteiger partial charge in [-0.3, -0.25) is 14.7 Å². The van der Waals surface area contributed by atoms with Crippen LogP contribution in [0, 0.1) is 5.92 Å². The van der Waals surface area contributed by atoms with Crippen molar-refractivity contribution < 1.29 is 14.1 Å². The predicted octanol–water partition coefficient (Wildman–Crippen LogP) is 1.43. The molecule has 0 saturated carbocycles. The number of piperidine rings is 1. The first-order valence-electron chi connectivity index (χ1n) is 8.60. The highest BCUT2D eigenvalue weighted by atomic mass is 16.5. The highest BCUT2D eigenvalue weighted by molar-refractivity contribution is 5.93. The van der Waals surface area contributed by atoms with E-state index in [0.29, 0.717) is 18.0 Å². The van der Waals surface area contributed by atoms with Crippen LogP contribution in [0.5, 0.6) is 0 Å². The smallest absolute Gasteiger partial charge is 0.259 e. The lowest BCUT2D eigenvalue weighted by Gasteiger charge is -2.40. The summed E-state index contributed by atoms with van der Waals surface area (Å²) in [5, 5.41) is 3.66. The third kappa shape index (κ3) is 3.17. The third-order valence-electron chi connectivity index (χ3n) is 5.31. The van der Waals surface area contributed by atoms with Crippen molar-refractivity contribution in [2.45, 2.75) is 25.1 Å². The number of aromatic nitrogens is 2. The van der Waals surface area contributed by atoms with E-state index in [1.165, 1.54) is 18.0 Å². The Kier molecular flexibility index (Phi) is 4.50. The van der Waals surface area contributed by atoms with Crippen molar-refractivity contribution in [2.24, 2.45) is 5.92 Å². The minimum atomic E-state index is -0.00553. The number of amides is 1. The van der Waals surface area contributed by atoms with E-state index in [-0.39, 0.29) is 18.1 Å². The molecule has 7 nitrogen and oxygen atoms in total. The van der Waals surface area contributed by atoms with Crippen molar-refractivity contribution in [3.63, 3.8) is 0 Å². The van der Waals surface area contributed by atoms with Gasteiger partial charge in [-0.1, -0.05) is 11.2 Å². The van der Waals surface area contributed by atoms with E-state index in [1.807, 2.05) is 17.2 Å². The number of ether oxygens (including phenoxy) is 1. The molecule has 1 amide bonds. The second kappa shape index (κ2) is 6.93. The first kappa shape index (κ1) is 16.2. The van der Waals surface area contributed by atoms with Gasteiger partial charge in [0.2, 0.25) is 0 Å². The maximum atomic E-state index is 12.8. The van der Waals surface area contributed by atoms with Gasteiger partial charge in [0.1, 0.15) is 6.26 Å². The van der Waals surface area contributed by atoms with E-state index in [1.54, 1.807) is 13.3 Å². The molecule has 0 aromatic carbocycles. The molecule has 4 rings (SSSR count). The molecule has 0 radical (unpaired) electrons. The lowest BCUT2D eigenvalue weighted by molar-refractivity contribution is -0.0157. The molecule has 0 spiro atoms. The van der Waals surface area contributed by atoms with E-state index in [9.17, 15) is 4.79 Å². The number of pyridine rings is 1. The van der Waals surface area contributed by atoms with Gasteiger partial charge in [-0.15, -0.1) is 0 Å². The molecule has 7 heteroatoms. The molecule has 2 aliphatic rings. The normalized spacial score (nSPS) is 26.6. The molecular formula is C18H22N4O3. The van der Waals surface area contributed by atoms with Crippen LogP contribution in [0.2, 0.25) is 0 Å². The molecule has 2 saturated heterocycles. The number of hydrogen-bond donors (Lipinski definition) is 0. The zero-order valence-electron chi connectivity index (χ0n) is 14.2. The Bertz CT molecular complexity index is 706. The summed E-state index contributed by atoms with van der Waals surface area (Å²) in [5.74, 6) is 0.313. The van der Waals surface area contributed by atoms with Crippen molar-refractivity contribution in [2.75, 3.05) is 26.7 Å². The van der Waals surface area contributed by atoms with Crippen LogP contribution in [-0.4, -0.2) is 64.7 Å². The summed E-state index contributed by atoms with van der Waals surface area (Å²) in [6, 6.07) is 4.19. The van der Waals surface area contributed by atoms with Gasteiger partial charge in [-0.25, -0.2) is 0 Å². The molecule has 0 aliphatic carbocycles. The van der Waals surface area contributed by atoms with Crippen molar-refractivity contribution in [3.8, 4) is 0 Å². The molecule has 132 valence electrons. The molecule has 2 fully saturated rings. The topological polar surface area (TPSA) is 71.7 Å². The molecule has 2 aliphatic heterocycles. The van der Waals surface area contributed by atoms with Crippen molar-refractivity contribution in [1.82, 2.24) is 19.9 Å². The van der Waals surface area contributed by atoms with Gasteiger partial charge in [-0.05, 0) is 18.1 Å². The number of nitrogens with zero attached hydrogens (tertiary/aromatic N) is 4. The average Bonchev–Trinajstić information content (AvgIpc) is 3.31. The molecule has 3 atom stereocenters. The van der Waals surface area contributed by atoms with Gasteiger partial charge in [0, 0.05) is 51.6 Å². The van der Waals surface area contributed by atoms with Crippen LogP contribution in [0.15, 0.2) is 41.5 Å². The second-order valence-corrected chi connectivity index (χ2v) is 6.76. The predicted molar refractivity (Wildman–Crippen MR) is 89.7 cm³/mol. The van der Waals surface area contributed by atoms with Crippen molar-refractivity contribution in [1.29, 1.82) is 0 Å². The number of methoxy groups -OCH3 is 1. The Balaban J connectivity index is 1.52. The average molecular weight is 342 g/mol. The molecule has 2 aromatic heterocycles. The number of likely N-dealkylation sites (tertiary alicyclic amines) is 2.